The predicted octanol–water partition coefficient (Wildman–Crippen LogP) is 2.61. The summed E-state index contributed by atoms with van der Waals surface area (Å²) in [4.78, 5) is 19.6. The minimum atomic E-state index is -0.0737. The van der Waals surface area contributed by atoms with Gasteiger partial charge in [0, 0.05) is 29.7 Å². The van der Waals surface area contributed by atoms with Gasteiger partial charge in [0.15, 0.2) is 0 Å². The lowest BCUT2D eigenvalue weighted by Gasteiger charge is -2.23. The maximum Gasteiger partial charge on any atom is 0.251 e. The van der Waals surface area contributed by atoms with E-state index in [1.807, 2.05) is 6.92 Å². The average molecular weight is 318 g/mol. The van der Waals surface area contributed by atoms with Crippen molar-refractivity contribution in [3.63, 3.8) is 0 Å². The summed E-state index contributed by atoms with van der Waals surface area (Å²) in [5.74, 6) is 0.641. The molecule has 5 nitrogen and oxygen atoms in total. The van der Waals surface area contributed by atoms with Crippen LogP contribution in [-0.2, 0) is 0 Å². The van der Waals surface area contributed by atoms with Crippen LogP contribution in [-0.4, -0.2) is 43.0 Å². The normalized spacial score (nSPS) is 12.2. The number of aromatic nitrogens is 1. The molecule has 0 saturated heterocycles. The molecule has 2 heterocycles. The Hall–Kier alpha value is -1.92. The third-order valence-corrected chi connectivity index (χ3v) is 4.30. The lowest BCUT2D eigenvalue weighted by Crippen LogP contribution is -2.26. The number of anilines is 1. The largest absolute Gasteiger partial charge is 0.368 e. The van der Waals surface area contributed by atoms with Crippen LogP contribution >= 0.6 is 11.3 Å². The van der Waals surface area contributed by atoms with Gasteiger partial charge in [-0.05, 0) is 44.6 Å². The number of thiophene rings is 1. The maximum atomic E-state index is 11.9. The number of carbonyl (C=O) groups is 1. The van der Waals surface area contributed by atoms with E-state index in [-0.39, 0.29) is 11.9 Å². The summed E-state index contributed by atoms with van der Waals surface area (Å²) in [6.07, 6.45) is 1.66. The van der Waals surface area contributed by atoms with E-state index >= 15 is 0 Å². The Morgan fingerprint density at radius 2 is 2.23 bits per heavy atom. The highest BCUT2D eigenvalue weighted by Gasteiger charge is 2.15. The molecular formula is C16H22N4OS. The summed E-state index contributed by atoms with van der Waals surface area (Å²) in [5, 5.41) is 8.20. The van der Waals surface area contributed by atoms with E-state index in [0.717, 1.165) is 6.54 Å². The van der Waals surface area contributed by atoms with Gasteiger partial charge >= 0.3 is 0 Å². The number of nitrogens with one attached hydrogen (secondary N) is 2. The minimum Gasteiger partial charge on any atom is -0.368 e. The van der Waals surface area contributed by atoms with Crippen molar-refractivity contribution in [3.05, 3.63) is 46.3 Å². The molecule has 6 heteroatoms. The van der Waals surface area contributed by atoms with E-state index in [2.05, 4.69) is 52.1 Å². The van der Waals surface area contributed by atoms with Crippen LogP contribution < -0.4 is 10.6 Å². The topological polar surface area (TPSA) is 57.3 Å². The third-order valence-electron chi connectivity index (χ3n) is 3.33. The molecule has 1 atom stereocenters. The molecule has 0 aliphatic rings. The van der Waals surface area contributed by atoms with E-state index in [0.29, 0.717) is 17.9 Å². The lowest BCUT2D eigenvalue weighted by molar-refractivity contribution is 0.0956. The first-order chi connectivity index (χ1) is 10.6. The van der Waals surface area contributed by atoms with Gasteiger partial charge in [-0.25, -0.2) is 4.98 Å². The van der Waals surface area contributed by atoms with Crippen molar-refractivity contribution in [2.24, 2.45) is 0 Å². The van der Waals surface area contributed by atoms with Gasteiger partial charge in [0.1, 0.15) is 5.82 Å². The van der Waals surface area contributed by atoms with Gasteiger partial charge in [0.05, 0.1) is 6.04 Å². The number of hydrogen-bond acceptors (Lipinski definition) is 5. The zero-order valence-electron chi connectivity index (χ0n) is 13.2. The van der Waals surface area contributed by atoms with Crippen molar-refractivity contribution < 1.29 is 4.79 Å². The molecule has 22 heavy (non-hydrogen) atoms. The fourth-order valence-corrected chi connectivity index (χ4v) is 3.07. The van der Waals surface area contributed by atoms with Gasteiger partial charge in [0.25, 0.3) is 5.91 Å². The number of amides is 1. The molecule has 1 unspecified atom stereocenters. The van der Waals surface area contributed by atoms with Crippen molar-refractivity contribution in [1.29, 1.82) is 0 Å². The summed E-state index contributed by atoms with van der Waals surface area (Å²) in [7, 11) is 4.12. The molecule has 0 aliphatic heterocycles. The SMILES string of the molecule is CCNC(=O)c1ccnc(NCC(c2cccs2)N(C)C)c1. The average Bonchev–Trinajstić information content (AvgIpc) is 3.02. The zero-order chi connectivity index (χ0) is 15.9. The molecule has 2 aromatic heterocycles. The maximum absolute atomic E-state index is 11.9. The van der Waals surface area contributed by atoms with Crippen LogP contribution in [0.4, 0.5) is 5.82 Å². The Morgan fingerprint density at radius 3 is 2.86 bits per heavy atom. The highest BCUT2D eigenvalue weighted by Crippen LogP contribution is 2.23. The number of carbonyl (C=O) groups excluding carboxylic acids is 1. The van der Waals surface area contributed by atoms with Crippen LogP contribution in [0.15, 0.2) is 35.8 Å². The molecule has 0 spiro atoms. The molecule has 0 aliphatic carbocycles. The predicted molar refractivity (Wildman–Crippen MR) is 91.5 cm³/mol. The lowest BCUT2D eigenvalue weighted by atomic mass is 10.2. The standard InChI is InChI=1S/C16H22N4OS/c1-4-17-16(21)12-7-8-18-15(10-12)19-11-13(20(2)3)14-6-5-9-22-14/h5-10,13H,4,11H2,1-3H3,(H,17,21)(H,18,19). The molecule has 2 N–H and O–H groups in total. The van der Waals surface area contributed by atoms with E-state index in [9.17, 15) is 4.79 Å². The Bertz CT molecular complexity index is 598. The summed E-state index contributed by atoms with van der Waals surface area (Å²) < 4.78 is 0. The highest BCUT2D eigenvalue weighted by molar-refractivity contribution is 7.10. The molecule has 2 aromatic rings. The van der Waals surface area contributed by atoms with Gasteiger partial charge in [-0.1, -0.05) is 6.07 Å². The quantitative estimate of drug-likeness (QED) is 0.824. The first-order valence-electron chi connectivity index (χ1n) is 7.29. The number of rotatable bonds is 7. The minimum absolute atomic E-state index is 0.0737. The van der Waals surface area contributed by atoms with Gasteiger partial charge in [-0.15, -0.1) is 11.3 Å². The summed E-state index contributed by atoms with van der Waals surface area (Å²) in [5.41, 5.74) is 0.622. The van der Waals surface area contributed by atoms with E-state index in [1.54, 1.807) is 29.7 Å². The first-order valence-corrected chi connectivity index (χ1v) is 8.17. The molecule has 118 valence electrons. The molecule has 1 amide bonds. The van der Waals surface area contributed by atoms with Crippen LogP contribution in [0.5, 0.6) is 0 Å². The van der Waals surface area contributed by atoms with E-state index < -0.39 is 0 Å². The number of hydrogen-bond donors (Lipinski definition) is 2. The Balaban J connectivity index is 2.04. The number of nitrogens with zero attached hydrogens (tertiary/aromatic N) is 2. The Morgan fingerprint density at radius 1 is 1.41 bits per heavy atom. The smallest absolute Gasteiger partial charge is 0.251 e. The van der Waals surface area contributed by atoms with Gasteiger partial charge in [0.2, 0.25) is 0 Å². The second-order valence-corrected chi connectivity index (χ2v) is 6.14. The fourth-order valence-electron chi connectivity index (χ4n) is 2.15. The first kappa shape index (κ1) is 16.5. The van der Waals surface area contributed by atoms with Gasteiger partial charge < -0.3 is 15.5 Å². The summed E-state index contributed by atoms with van der Waals surface area (Å²) in [6, 6.07) is 7.97. The molecule has 0 aromatic carbocycles. The third kappa shape index (κ3) is 4.29. The molecule has 0 fully saturated rings. The van der Waals surface area contributed by atoms with Crippen LogP contribution in [0.25, 0.3) is 0 Å². The zero-order valence-corrected chi connectivity index (χ0v) is 14.0. The summed E-state index contributed by atoms with van der Waals surface area (Å²) in [6.45, 7) is 3.26. The Kier molecular flexibility index (Phi) is 5.91. The second kappa shape index (κ2) is 7.91. The molecule has 0 bridgehead atoms. The van der Waals surface area contributed by atoms with Crippen molar-refractivity contribution in [3.8, 4) is 0 Å². The second-order valence-electron chi connectivity index (χ2n) is 5.16. The van der Waals surface area contributed by atoms with Crippen molar-refractivity contribution in [2.75, 3.05) is 32.5 Å². The van der Waals surface area contributed by atoms with Crippen LogP contribution in [0.3, 0.4) is 0 Å². The van der Waals surface area contributed by atoms with Gasteiger partial charge in [-0.2, -0.15) is 0 Å². The summed E-state index contributed by atoms with van der Waals surface area (Å²) >= 11 is 1.74. The van der Waals surface area contributed by atoms with E-state index in [1.165, 1.54) is 4.88 Å². The molecule has 2 rings (SSSR count). The van der Waals surface area contributed by atoms with Gasteiger partial charge in [-0.3, -0.25) is 4.79 Å². The number of likely N-dealkylation sites (N-methyl/N-ethyl adjacent to an activating group) is 1. The molecular weight excluding hydrogens is 296 g/mol. The van der Waals surface area contributed by atoms with Crippen molar-refractivity contribution in [1.82, 2.24) is 15.2 Å². The Labute approximate surface area is 135 Å². The number of pyridine rings is 1. The van der Waals surface area contributed by atoms with Crippen molar-refractivity contribution in [2.45, 2.75) is 13.0 Å². The van der Waals surface area contributed by atoms with Crippen LogP contribution in [0, 0.1) is 0 Å². The fraction of sp³-hybridized carbons (Fsp3) is 0.375. The van der Waals surface area contributed by atoms with E-state index in [4.69, 9.17) is 0 Å². The van der Waals surface area contributed by atoms with Crippen LogP contribution in [0.1, 0.15) is 28.2 Å². The monoisotopic (exact) mass is 318 g/mol. The van der Waals surface area contributed by atoms with Crippen LogP contribution in [0.2, 0.25) is 0 Å². The highest BCUT2D eigenvalue weighted by atomic mass is 32.1. The van der Waals surface area contributed by atoms with Crippen molar-refractivity contribution >= 4 is 23.1 Å². The molecule has 0 radical (unpaired) electrons. The molecule has 0 saturated carbocycles.